The maximum atomic E-state index is 12.9. The molecule has 1 saturated heterocycles. The van der Waals surface area contributed by atoms with E-state index in [1.807, 2.05) is 6.07 Å². The van der Waals surface area contributed by atoms with Gasteiger partial charge in [-0.2, -0.15) is 0 Å². The molecule has 1 amide bonds. The molecule has 2 aromatic rings. The molecular formula is C19H18N2O5. The summed E-state index contributed by atoms with van der Waals surface area (Å²) in [6, 6.07) is 12.8. The van der Waals surface area contributed by atoms with E-state index in [4.69, 9.17) is 4.74 Å². The third-order valence-electron chi connectivity index (χ3n) is 4.30. The van der Waals surface area contributed by atoms with Crippen LogP contribution in [0.15, 0.2) is 48.5 Å². The summed E-state index contributed by atoms with van der Waals surface area (Å²) in [6.45, 7) is 1.30. The van der Waals surface area contributed by atoms with E-state index in [9.17, 15) is 19.7 Å². The van der Waals surface area contributed by atoms with E-state index in [-0.39, 0.29) is 22.9 Å². The third-order valence-corrected chi connectivity index (χ3v) is 4.30. The lowest BCUT2D eigenvalue weighted by Gasteiger charge is -2.24. The van der Waals surface area contributed by atoms with Crippen LogP contribution < -0.4 is 4.74 Å². The molecule has 0 N–H and O–H groups in total. The number of amides is 1. The van der Waals surface area contributed by atoms with Crippen molar-refractivity contribution in [1.82, 2.24) is 4.90 Å². The van der Waals surface area contributed by atoms with Crippen molar-refractivity contribution >= 4 is 17.9 Å². The monoisotopic (exact) mass is 354 g/mol. The number of likely N-dealkylation sites (tertiary alicyclic amines) is 1. The standard InChI is InChI=1S/C19H18N2O5/c22-13-14-8-9-17(16(12-14)21(24)25)26-18(15-6-2-1-3-7-15)19(23)20-10-4-5-11-20/h1-3,6-9,12-13,18H,4-5,10-11H2/t18-/m0/s1. The van der Waals surface area contributed by atoms with Gasteiger partial charge in [-0.3, -0.25) is 19.7 Å². The van der Waals surface area contributed by atoms with Crippen molar-refractivity contribution in [3.05, 3.63) is 69.8 Å². The Hall–Kier alpha value is -3.22. The molecule has 134 valence electrons. The predicted octanol–water partition coefficient (Wildman–Crippen LogP) is 3.15. The zero-order chi connectivity index (χ0) is 18.5. The summed E-state index contributed by atoms with van der Waals surface area (Å²) in [7, 11) is 0. The molecule has 0 spiro atoms. The Morgan fingerprint density at radius 1 is 1.15 bits per heavy atom. The third kappa shape index (κ3) is 3.72. The number of benzene rings is 2. The van der Waals surface area contributed by atoms with E-state index < -0.39 is 11.0 Å². The van der Waals surface area contributed by atoms with E-state index in [2.05, 4.69) is 0 Å². The lowest BCUT2D eigenvalue weighted by molar-refractivity contribution is -0.386. The second-order valence-corrected chi connectivity index (χ2v) is 6.04. The van der Waals surface area contributed by atoms with Gasteiger partial charge in [-0.25, -0.2) is 0 Å². The highest BCUT2D eigenvalue weighted by Gasteiger charge is 2.31. The van der Waals surface area contributed by atoms with Crippen molar-refractivity contribution in [3.8, 4) is 5.75 Å². The van der Waals surface area contributed by atoms with Gasteiger partial charge in [0.1, 0.15) is 6.29 Å². The van der Waals surface area contributed by atoms with Crippen LogP contribution >= 0.6 is 0 Å². The Balaban J connectivity index is 1.97. The van der Waals surface area contributed by atoms with Gasteiger partial charge >= 0.3 is 5.69 Å². The minimum atomic E-state index is -0.977. The number of rotatable bonds is 6. The molecule has 0 bridgehead atoms. The molecule has 0 aliphatic carbocycles. The Labute approximate surface area is 150 Å². The first-order chi connectivity index (χ1) is 12.6. The van der Waals surface area contributed by atoms with Crippen LogP contribution in [-0.4, -0.2) is 35.1 Å². The minimum Gasteiger partial charge on any atom is -0.469 e. The van der Waals surface area contributed by atoms with Crippen LogP contribution in [0.3, 0.4) is 0 Å². The lowest BCUT2D eigenvalue weighted by atomic mass is 10.1. The predicted molar refractivity (Wildman–Crippen MR) is 94.1 cm³/mol. The number of nitro benzene ring substituents is 1. The number of nitro groups is 1. The van der Waals surface area contributed by atoms with Gasteiger partial charge in [0.25, 0.3) is 5.91 Å². The number of hydrogen-bond donors (Lipinski definition) is 0. The summed E-state index contributed by atoms with van der Waals surface area (Å²) in [5.74, 6) is -0.260. The quantitative estimate of drug-likeness (QED) is 0.451. The van der Waals surface area contributed by atoms with Crippen molar-refractivity contribution < 1.29 is 19.2 Å². The van der Waals surface area contributed by atoms with E-state index >= 15 is 0 Å². The highest BCUT2D eigenvalue weighted by Crippen LogP contribution is 2.33. The van der Waals surface area contributed by atoms with Crippen LogP contribution in [0.1, 0.15) is 34.9 Å². The molecule has 26 heavy (non-hydrogen) atoms. The first-order valence-corrected chi connectivity index (χ1v) is 8.34. The molecule has 3 rings (SSSR count). The molecule has 7 heteroatoms. The van der Waals surface area contributed by atoms with Crippen molar-refractivity contribution in [2.75, 3.05) is 13.1 Å². The van der Waals surface area contributed by atoms with Crippen LogP contribution in [0.5, 0.6) is 5.75 Å². The van der Waals surface area contributed by atoms with Gasteiger partial charge < -0.3 is 9.64 Å². The van der Waals surface area contributed by atoms with Gasteiger partial charge in [0.2, 0.25) is 6.10 Å². The second-order valence-electron chi connectivity index (χ2n) is 6.04. The van der Waals surface area contributed by atoms with Gasteiger partial charge in [0.15, 0.2) is 5.75 Å². The van der Waals surface area contributed by atoms with Crippen molar-refractivity contribution in [1.29, 1.82) is 0 Å². The normalized spacial score (nSPS) is 14.7. The SMILES string of the molecule is O=Cc1ccc(O[C@H](C(=O)N2CCCC2)c2ccccc2)c([N+](=O)[O-])c1. The van der Waals surface area contributed by atoms with E-state index in [1.165, 1.54) is 12.1 Å². The van der Waals surface area contributed by atoms with Gasteiger partial charge in [-0.05, 0) is 25.0 Å². The lowest BCUT2D eigenvalue weighted by Crippen LogP contribution is -2.35. The summed E-state index contributed by atoms with van der Waals surface area (Å²) >= 11 is 0. The van der Waals surface area contributed by atoms with Crippen LogP contribution in [0, 0.1) is 10.1 Å². The Morgan fingerprint density at radius 3 is 2.46 bits per heavy atom. The zero-order valence-electron chi connectivity index (χ0n) is 14.0. The number of ether oxygens (including phenoxy) is 1. The average molecular weight is 354 g/mol. The van der Waals surface area contributed by atoms with E-state index in [1.54, 1.807) is 29.2 Å². The molecule has 1 heterocycles. The maximum Gasteiger partial charge on any atom is 0.311 e. The molecule has 1 fully saturated rings. The summed E-state index contributed by atoms with van der Waals surface area (Å²) < 4.78 is 5.82. The summed E-state index contributed by atoms with van der Waals surface area (Å²) in [4.78, 5) is 36.3. The van der Waals surface area contributed by atoms with Crippen LogP contribution in [0.25, 0.3) is 0 Å². The molecule has 7 nitrogen and oxygen atoms in total. The van der Waals surface area contributed by atoms with Gasteiger partial charge in [0.05, 0.1) is 4.92 Å². The fourth-order valence-electron chi connectivity index (χ4n) is 2.97. The highest BCUT2D eigenvalue weighted by molar-refractivity contribution is 5.83. The van der Waals surface area contributed by atoms with Gasteiger partial charge in [-0.15, -0.1) is 0 Å². The fourth-order valence-corrected chi connectivity index (χ4v) is 2.97. The number of aldehydes is 1. The molecule has 2 aromatic carbocycles. The second kappa shape index (κ2) is 7.77. The number of carbonyl (C=O) groups excluding carboxylic acids is 2. The molecule has 0 aromatic heterocycles. The van der Waals surface area contributed by atoms with E-state index in [0.29, 0.717) is 24.9 Å². The average Bonchev–Trinajstić information content (AvgIpc) is 3.21. The van der Waals surface area contributed by atoms with Crippen molar-refractivity contribution in [3.63, 3.8) is 0 Å². The van der Waals surface area contributed by atoms with Crippen LogP contribution in [0.2, 0.25) is 0 Å². The van der Waals surface area contributed by atoms with E-state index in [0.717, 1.165) is 18.9 Å². The van der Waals surface area contributed by atoms with Crippen LogP contribution in [-0.2, 0) is 4.79 Å². The van der Waals surface area contributed by atoms with Gasteiger partial charge in [0, 0.05) is 30.3 Å². The number of carbonyl (C=O) groups is 2. The zero-order valence-corrected chi connectivity index (χ0v) is 14.0. The summed E-state index contributed by atoms with van der Waals surface area (Å²) in [6.07, 6.45) is 1.42. The van der Waals surface area contributed by atoms with Crippen molar-refractivity contribution in [2.24, 2.45) is 0 Å². The molecule has 1 aliphatic rings. The topological polar surface area (TPSA) is 89.8 Å². The molecular weight excluding hydrogens is 336 g/mol. The molecule has 0 saturated carbocycles. The minimum absolute atomic E-state index is 0.0398. The fraction of sp³-hybridized carbons (Fsp3) is 0.263. The number of nitrogens with zero attached hydrogens (tertiary/aromatic N) is 2. The first kappa shape index (κ1) is 17.6. The Bertz CT molecular complexity index is 816. The van der Waals surface area contributed by atoms with Crippen LogP contribution in [0.4, 0.5) is 5.69 Å². The summed E-state index contributed by atoms with van der Waals surface area (Å²) in [5.41, 5.74) is 0.453. The molecule has 0 radical (unpaired) electrons. The Morgan fingerprint density at radius 2 is 1.85 bits per heavy atom. The molecule has 1 aliphatic heterocycles. The largest absolute Gasteiger partial charge is 0.469 e. The first-order valence-electron chi connectivity index (χ1n) is 8.34. The number of hydrogen-bond acceptors (Lipinski definition) is 5. The molecule has 1 atom stereocenters. The van der Waals surface area contributed by atoms with Gasteiger partial charge in [-0.1, -0.05) is 30.3 Å². The molecule has 0 unspecified atom stereocenters. The highest BCUT2D eigenvalue weighted by atomic mass is 16.6. The van der Waals surface area contributed by atoms with Crippen molar-refractivity contribution in [2.45, 2.75) is 18.9 Å². The summed E-state index contributed by atoms with van der Waals surface area (Å²) in [5, 5.41) is 11.3. The smallest absolute Gasteiger partial charge is 0.311 e. The maximum absolute atomic E-state index is 12.9. The Kier molecular flexibility index (Phi) is 5.26.